The maximum Gasteiger partial charge on any atom is 0.121 e. The van der Waals surface area contributed by atoms with E-state index in [9.17, 15) is 0 Å². The van der Waals surface area contributed by atoms with Gasteiger partial charge in [-0.3, -0.25) is 0 Å². The van der Waals surface area contributed by atoms with E-state index in [1.807, 2.05) is 24.3 Å². The molecule has 66 valence electrons. The molecule has 0 aliphatic rings. The quantitative estimate of drug-likeness (QED) is 0.593. The average molecular weight is 285 g/mol. The number of nitrogens with zero attached hydrogens (tertiary/aromatic N) is 1. The van der Waals surface area contributed by atoms with Crippen LogP contribution in [0.1, 0.15) is 0 Å². The fraction of sp³-hybridized carbons (Fsp3) is 0.100. The topological polar surface area (TPSA) is 22.1 Å². The molecule has 0 atom stereocenters. The molecule has 0 saturated heterocycles. The summed E-state index contributed by atoms with van der Waals surface area (Å²) in [6.07, 6.45) is 0. The molecular formula is C10H8INO. The number of fused-ring (bicyclic) bond motifs is 1. The lowest BCUT2D eigenvalue weighted by Crippen LogP contribution is -1.85. The van der Waals surface area contributed by atoms with Crippen LogP contribution in [0.5, 0.6) is 5.75 Å². The van der Waals surface area contributed by atoms with Gasteiger partial charge in [-0.15, -0.1) is 0 Å². The van der Waals surface area contributed by atoms with E-state index in [1.54, 1.807) is 7.11 Å². The SMILES string of the molecule is COc1ccc2ccc(I)nc2c1. The average Bonchev–Trinajstić information content (AvgIpc) is 2.16. The lowest BCUT2D eigenvalue weighted by molar-refractivity contribution is 0.415. The molecule has 1 heterocycles. The van der Waals surface area contributed by atoms with Crippen LogP contribution >= 0.6 is 22.6 Å². The number of benzene rings is 1. The van der Waals surface area contributed by atoms with Gasteiger partial charge in [0.2, 0.25) is 0 Å². The minimum atomic E-state index is 0.849. The Balaban J connectivity index is 2.68. The lowest BCUT2D eigenvalue weighted by atomic mass is 10.2. The smallest absolute Gasteiger partial charge is 0.121 e. The van der Waals surface area contributed by atoms with E-state index in [1.165, 1.54) is 0 Å². The Morgan fingerprint density at radius 3 is 2.77 bits per heavy atom. The van der Waals surface area contributed by atoms with E-state index in [-0.39, 0.29) is 0 Å². The molecule has 2 rings (SSSR count). The van der Waals surface area contributed by atoms with E-state index in [2.05, 4.69) is 33.6 Å². The van der Waals surface area contributed by atoms with Gasteiger partial charge in [-0.05, 0) is 40.8 Å². The second kappa shape index (κ2) is 3.49. The third-order valence-electron chi connectivity index (χ3n) is 1.87. The monoisotopic (exact) mass is 285 g/mol. The summed E-state index contributed by atoms with van der Waals surface area (Å²) in [5.74, 6) is 0.849. The molecular weight excluding hydrogens is 277 g/mol. The van der Waals surface area contributed by atoms with E-state index in [0.717, 1.165) is 20.4 Å². The van der Waals surface area contributed by atoms with E-state index >= 15 is 0 Å². The van der Waals surface area contributed by atoms with Gasteiger partial charge in [0.25, 0.3) is 0 Å². The van der Waals surface area contributed by atoms with Crippen molar-refractivity contribution in [1.82, 2.24) is 4.98 Å². The molecule has 3 heteroatoms. The number of aromatic nitrogens is 1. The molecule has 0 radical (unpaired) electrons. The number of halogens is 1. The summed E-state index contributed by atoms with van der Waals surface area (Å²) < 4.78 is 6.12. The number of hydrogen-bond acceptors (Lipinski definition) is 2. The zero-order chi connectivity index (χ0) is 9.26. The summed E-state index contributed by atoms with van der Waals surface area (Å²) in [4.78, 5) is 4.39. The maximum absolute atomic E-state index is 5.12. The Kier molecular flexibility index (Phi) is 2.35. The van der Waals surface area contributed by atoms with Gasteiger partial charge in [-0.25, -0.2) is 4.98 Å². The lowest BCUT2D eigenvalue weighted by Gasteiger charge is -2.01. The van der Waals surface area contributed by atoms with Crippen molar-refractivity contribution in [3.8, 4) is 5.75 Å². The van der Waals surface area contributed by atoms with Gasteiger partial charge >= 0.3 is 0 Å². The molecule has 1 aromatic carbocycles. The zero-order valence-electron chi connectivity index (χ0n) is 7.12. The van der Waals surface area contributed by atoms with Crippen molar-refractivity contribution in [1.29, 1.82) is 0 Å². The molecule has 0 amide bonds. The summed E-state index contributed by atoms with van der Waals surface area (Å²) in [6, 6.07) is 9.95. The third kappa shape index (κ3) is 1.75. The Hall–Kier alpha value is -0.840. The second-order valence-electron chi connectivity index (χ2n) is 2.69. The van der Waals surface area contributed by atoms with Gasteiger partial charge in [0.1, 0.15) is 9.45 Å². The largest absolute Gasteiger partial charge is 0.497 e. The third-order valence-corrected chi connectivity index (χ3v) is 2.47. The van der Waals surface area contributed by atoms with Crippen LogP contribution in [0.2, 0.25) is 0 Å². The van der Waals surface area contributed by atoms with Crippen molar-refractivity contribution in [2.45, 2.75) is 0 Å². The maximum atomic E-state index is 5.12. The van der Waals surface area contributed by atoms with Crippen molar-refractivity contribution < 1.29 is 4.74 Å². The predicted molar refractivity (Wildman–Crippen MR) is 61.0 cm³/mol. The summed E-state index contributed by atoms with van der Waals surface area (Å²) in [7, 11) is 1.66. The molecule has 13 heavy (non-hydrogen) atoms. The number of hydrogen-bond donors (Lipinski definition) is 0. The molecule has 0 bridgehead atoms. The van der Waals surface area contributed by atoms with Gasteiger partial charge < -0.3 is 4.74 Å². The molecule has 2 nitrogen and oxygen atoms in total. The summed E-state index contributed by atoms with van der Waals surface area (Å²) >= 11 is 2.20. The number of pyridine rings is 1. The van der Waals surface area contributed by atoms with Crippen LogP contribution in [-0.4, -0.2) is 12.1 Å². The normalized spacial score (nSPS) is 10.3. The van der Waals surface area contributed by atoms with Crippen molar-refractivity contribution in [3.05, 3.63) is 34.0 Å². The highest BCUT2D eigenvalue weighted by molar-refractivity contribution is 14.1. The fourth-order valence-electron chi connectivity index (χ4n) is 1.20. The van der Waals surface area contributed by atoms with Crippen LogP contribution in [0.3, 0.4) is 0 Å². The molecule has 1 aromatic heterocycles. The molecule has 0 fully saturated rings. The molecule has 0 aliphatic carbocycles. The molecule has 0 saturated carbocycles. The Bertz CT molecular complexity index is 442. The van der Waals surface area contributed by atoms with Crippen LogP contribution in [0.15, 0.2) is 30.3 Å². The van der Waals surface area contributed by atoms with Crippen molar-refractivity contribution >= 4 is 33.5 Å². The van der Waals surface area contributed by atoms with Gasteiger partial charge in [-0.2, -0.15) is 0 Å². The van der Waals surface area contributed by atoms with Crippen LogP contribution in [0.25, 0.3) is 10.9 Å². The first-order valence-corrected chi connectivity index (χ1v) is 4.98. The van der Waals surface area contributed by atoms with Crippen molar-refractivity contribution in [3.63, 3.8) is 0 Å². The van der Waals surface area contributed by atoms with Crippen LogP contribution in [0, 0.1) is 3.70 Å². The van der Waals surface area contributed by atoms with E-state index in [0.29, 0.717) is 0 Å². The van der Waals surface area contributed by atoms with E-state index in [4.69, 9.17) is 4.74 Å². The predicted octanol–water partition coefficient (Wildman–Crippen LogP) is 2.85. The van der Waals surface area contributed by atoms with Gasteiger partial charge in [-0.1, -0.05) is 6.07 Å². The molecule has 0 spiro atoms. The number of ether oxygens (including phenoxy) is 1. The fourth-order valence-corrected chi connectivity index (χ4v) is 1.64. The summed E-state index contributed by atoms with van der Waals surface area (Å²) in [5, 5.41) is 1.14. The molecule has 0 unspecified atom stereocenters. The van der Waals surface area contributed by atoms with E-state index < -0.39 is 0 Å². The first kappa shape index (κ1) is 8.74. The first-order valence-electron chi connectivity index (χ1n) is 3.90. The molecule has 0 N–H and O–H groups in total. The highest BCUT2D eigenvalue weighted by Crippen LogP contribution is 2.19. The van der Waals surface area contributed by atoms with Crippen LogP contribution in [-0.2, 0) is 0 Å². The Morgan fingerprint density at radius 1 is 1.23 bits per heavy atom. The molecule has 0 aliphatic heterocycles. The van der Waals surface area contributed by atoms with Gasteiger partial charge in [0.05, 0.1) is 12.6 Å². The van der Waals surface area contributed by atoms with Gasteiger partial charge in [0.15, 0.2) is 0 Å². The minimum absolute atomic E-state index is 0.849. The molecule has 2 aromatic rings. The van der Waals surface area contributed by atoms with Crippen LogP contribution in [0.4, 0.5) is 0 Å². The Morgan fingerprint density at radius 2 is 2.00 bits per heavy atom. The Labute approximate surface area is 90.1 Å². The number of methoxy groups -OCH3 is 1. The van der Waals surface area contributed by atoms with Gasteiger partial charge in [0, 0.05) is 11.5 Å². The summed E-state index contributed by atoms with van der Waals surface area (Å²) in [5.41, 5.74) is 0.978. The van der Waals surface area contributed by atoms with Crippen LogP contribution < -0.4 is 4.74 Å². The van der Waals surface area contributed by atoms with Crippen molar-refractivity contribution in [2.24, 2.45) is 0 Å². The van der Waals surface area contributed by atoms with Crippen molar-refractivity contribution in [2.75, 3.05) is 7.11 Å². The summed E-state index contributed by atoms with van der Waals surface area (Å²) in [6.45, 7) is 0. The first-order chi connectivity index (χ1) is 6.29. The standard InChI is InChI=1S/C10H8INO/c1-13-8-4-2-7-3-5-10(11)12-9(7)6-8/h2-6H,1H3. The number of rotatable bonds is 1. The highest BCUT2D eigenvalue weighted by atomic mass is 127. The second-order valence-corrected chi connectivity index (χ2v) is 3.80. The minimum Gasteiger partial charge on any atom is -0.497 e. The highest BCUT2D eigenvalue weighted by Gasteiger charge is 1.97. The zero-order valence-corrected chi connectivity index (χ0v) is 9.28.